The van der Waals surface area contributed by atoms with Crippen molar-refractivity contribution in [3.63, 3.8) is 0 Å². The smallest absolute Gasteiger partial charge is 0.281 e. The highest BCUT2D eigenvalue weighted by molar-refractivity contribution is 7.20. The molecule has 1 fully saturated rings. The lowest BCUT2D eigenvalue weighted by Crippen LogP contribution is -2.43. The van der Waals surface area contributed by atoms with Gasteiger partial charge in [-0.15, -0.1) is 0 Å². The van der Waals surface area contributed by atoms with Crippen molar-refractivity contribution < 1.29 is 13.9 Å². The van der Waals surface area contributed by atoms with E-state index < -0.39 is 0 Å². The van der Waals surface area contributed by atoms with Crippen molar-refractivity contribution in [1.29, 1.82) is 0 Å². The minimum atomic E-state index is 0.0446. The maximum absolute atomic E-state index is 11.2. The minimum Gasteiger partial charge on any atom is -0.464 e. The molecule has 0 saturated carbocycles. The number of ether oxygens (including phenoxy) is 1. The molecule has 7 nitrogen and oxygen atoms in total. The Morgan fingerprint density at radius 3 is 3.00 bits per heavy atom. The number of thiazole rings is 1. The van der Waals surface area contributed by atoms with Gasteiger partial charge in [-0.1, -0.05) is 22.9 Å². The normalized spacial score (nSPS) is 15.5. The van der Waals surface area contributed by atoms with E-state index in [1.807, 2.05) is 30.5 Å². The van der Waals surface area contributed by atoms with Gasteiger partial charge in [0.25, 0.3) is 5.19 Å². The molecule has 0 radical (unpaired) electrons. The van der Waals surface area contributed by atoms with E-state index in [0.717, 1.165) is 53.7 Å². The molecule has 0 aliphatic carbocycles. The van der Waals surface area contributed by atoms with Crippen LogP contribution < -0.4 is 10.1 Å². The van der Waals surface area contributed by atoms with Crippen LogP contribution in [-0.4, -0.2) is 39.9 Å². The first-order chi connectivity index (χ1) is 15.0. The van der Waals surface area contributed by atoms with Crippen molar-refractivity contribution in [2.24, 2.45) is 0 Å². The molecule has 1 saturated heterocycles. The second kappa shape index (κ2) is 8.45. The number of fused-ring (bicyclic) bond motifs is 2. The average molecular weight is 457 g/mol. The van der Waals surface area contributed by atoms with E-state index in [4.69, 9.17) is 20.8 Å². The molecular formula is C22H21ClN4O3S. The Hall–Kier alpha value is -2.68. The molecule has 4 heterocycles. The van der Waals surface area contributed by atoms with Crippen molar-refractivity contribution in [3.8, 4) is 10.9 Å². The maximum Gasteiger partial charge on any atom is 0.281 e. The van der Waals surface area contributed by atoms with Crippen molar-refractivity contribution in [1.82, 2.24) is 20.2 Å². The Morgan fingerprint density at radius 1 is 1.35 bits per heavy atom. The zero-order valence-electron chi connectivity index (χ0n) is 16.9. The molecule has 0 spiro atoms. The van der Waals surface area contributed by atoms with Crippen LogP contribution in [0.4, 0.5) is 0 Å². The highest BCUT2D eigenvalue weighted by Crippen LogP contribution is 2.34. The van der Waals surface area contributed by atoms with Gasteiger partial charge in [0.05, 0.1) is 16.0 Å². The summed E-state index contributed by atoms with van der Waals surface area (Å²) in [6.07, 6.45) is 5.33. The quantitative estimate of drug-likeness (QED) is 0.456. The van der Waals surface area contributed by atoms with Gasteiger partial charge >= 0.3 is 0 Å². The molecule has 1 aliphatic heterocycles. The van der Waals surface area contributed by atoms with Crippen LogP contribution >= 0.6 is 22.9 Å². The monoisotopic (exact) mass is 456 g/mol. The van der Waals surface area contributed by atoms with E-state index in [-0.39, 0.29) is 11.9 Å². The molecule has 0 unspecified atom stereocenters. The molecule has 4 aromatic rings. The Morgan fingerprint density at radius 2 is 2.19 bits per heavy atom. The average Bonchev–Trinajstić information content (AvgIpc) is 3.32. The number of amides is 1. The number of halogens is 1. The zero-order chi connectivity index (χ0) is 21.4. The zero-order valence-corrected chi connectivity index (χ0v) is 18.5. The summed E-state index contributed by atoms with van der Waals surface area (Å²) in [4.78, 5) is 22.2. The van der Waals surface area contributed by atoms with Crippen LogP contribution in [0, 0.1) is 0 Å². The van der Waals surface area contributed by atoms with Crippen LogP contribution in [0.5, 0.6) is 10.9 Å². The number of furan rings is 1. The van der Waals surface area contributed by atoms with Gasteiger partial charge in [-0.25, -0.2) is 4.98 Å². The second-order valence-electron chi connectivity index (χ2n) is 7.73. The van der Waals surface area contributed by atoms with Crippen LogP contribution in [0.1, 0.15) is 25.3 Å². The second-order valence-corrected chi connectivity index (χ2v) is 9.16. The van der Waals surface area contributed by atoms with Crippen LogP contribution in [0.2, 0.25) is 5.02 Å². The minimum absolute atomic E-state index is 0.0446. The van der Waals surface area contributed by atoms with Gasteiger partial charge in [-0.2, -0.15) is 4.98 Å². The topological polar surface area (TPSA) is 80.5 Å². The van der Waals surface area contributed by atoms with Crippen LogP contribution in [-0.2, 0) is 11.3 Å². The third kappa shape index (κ3) is 4.51. The lowest BCUT2D eigenvalue weighted by Gasteiger charge is -2.31. The molecule has 1 aliphatic rings. The third-order valence-corrected chi connectivity index (χ3v) is 6.49. The lowest BCUT2D eigenvalue weighted by atomic mass is 10.0. The first kappa shape index (κ1) is 20.2. The number of hydrogen-bond donors (Lipinski definition) is 1. The Balaban J connectivity index is 1.27. The predicted octanol–water partition coefficient (Wildman–Crippen LogP) is 4.98. The Bertz CT molecular complexity index is 1250. The number of piperidine rings is 1. The summed E-state index contributed by atoms with van der Waals surface area (Å²) >= 11 is 7.40. The van der Waals surface area contributed by atoms with E-state index in [0.29, 0.717) is 21.6 Å². The summed E-state index contributed by atoms with van der Waals surface area (Å²) in [6, 6.07) is 7.94. The number of hydrogen-bond acceptors (Lipinski definition) is 7. The molecular weight excluding hydrogens is 436 g/mol. The van der Waals surface area contributed by atoms with Crippen LogP contribution in [0.3, 0.4) is 0 Å². The largest absolute Gasteiger partial charge is 0.464 e. The molecule has 5 rings (SSSR count). The standard InChI is InChI=1S/C22H21ClN4O3S/c1-13(28)25-16-4-6-27(7-5-16)11-14-12-29-19-9-17(2-3-18(14)19)30-22-26-21-20(31-22)8-15(23)10-24-21/h2-3,8-10,12,16H,4-7,11H2,1H3,(H,25,28). The van der Waals surface area contributed by atoms with E-state index in [9.17, 15) is 4.79 Å². The maximum atomic E-state index is 11.2. The van der Waals surface area contributed by atoms with Gasteiger partial charge in [-0.05, 0) is 31.0 Å². The van der Waals surface area contributed by atoms with E-state index in [2.05, 4.69) is 20.2 Å². The number of nitrogens with zero attached hydrogens (tertiary/aromatic N) is 3. The van der Waals surface area contributed by atoms with E-state index >= 15 is 0 Å². The Kier molecular flexibility index (Phi) is 5.52. The summed E-state index contributed by atoms with van der Waals surface area (Å²) in [5.74, 6) is 0.706. The van der Waals surface area contributed by atoms with Crippen LogP contribution in [0.25, 0.3) is 21.3 Å². The third-order valence-electron chi connectivity index (χ3n) is 5.42. The number of carbonyl (C=O) groups excluding carboxylic acids is 1. The predicted molar refractivity (Wildman–Crippen MR) is 121 cm³/mol. The van der Waals surface area contributed by atoms with Gasteiger partial charge in [0, 0.05) is 55.8 Å². The summed E-state index contributed by atoms with van der Waals surface area (Å²) in [5, 5.41) is 5.18. The van der Waals surface area contributed by atoms with Gasteiger partial charge in [0.2, 0.25) is 5.91 Å². The molecule has 0 atom stereocenters. The first-order valence-electron chi connectivity index (χ1n) is 10.1. The SMILES string of the molecule is CC(=O)NC1CCN(Cc2coc3cc(Oc4nc5ncc(Cl)cc5s4)ccc23)CC1. The summed E-state index contributed by atoms with van der Waals surface area (Å²) in [7, 11) is 0. The molecule has 1 N–H and O–H groups in total. The molecule has 160 valence electrons. The number of likely N-dealkylation sites (tertiary alicyclic amines) is 1. The van der Waals surface area contributed by atoms with Gasteiger partial charge < -0.3 is 14.5 Å². The Labute approximate surface area is 188 Å². The lowest BCUT2D eigenvalue weighted by molar-refractivity contribution is -0.119. The van der Waals surface area contributed by atoms with Gasteiger partial charge in [0.1, 0.15) is 11.3 Å². The number of nitrogens with one attached hydrogen (secondary N) is 1. The highest BCUT2D eigenvalue weighted by Gasteiger charge is 2.21. The number of pyridine rings is 1. The summed E-state index contributed by atoms with van der Waals surface area (Å²) in [6.45, 7) is 4.30. The van der Waals surface area contributed by atoms with Gasteiger partial charge in [0.15, 0.2) is 5.65 Å². The number of carbonyl (C=O) groups is 1. The summed E-state index contributed by atoms with van der Waals surface area (Å²) < 4.78 is 12.6. The molecule has 1 aromatic carbocycles. The fourth-order valence-corrected chi connectivity index (χ4v) is 4.99. The number of rotatable bonds is 5. The molecule has 3 aromatic heterocycles. The fourth-order valence-electron chi connectivity index (χ4n) is 3.93. The molecule has 31 heavy (non-hydrogen) atoms. The van der Waals surface area contributed by atoms with Crippen molar-refractivity contribution in [2.45, 2.75) is 32.4 Å². The van der Waals surface area contributed by atoms with Crippen LogP contribution in [0.15, 0.2) is 41.1 Å². The van der Waals surface area contributed by atoms with Gasteiger partial charge in [-0.3, -0.25) is 9.69 Å². The van der Waals surface area contributed by atoms with Crippen molar-refractivity contribution in [3.05, 3.63) is 47.3 Å². The molecule has 9 heteroatoms. The number of aromatic nitrogens is 2. The first-order valence-corrected chi connectivity index (χ1v) is 11.3. The van der Waals surface area contributed by atoms with E-state index in [1.54, 1.807) is 13.1 Å². The highest BCUT2D eigenvalue weighted by atomic mass is 35.5. The molecule has 1 amide bonds. The fraction of sp³-hybridized carbons (Fsp3) is 0.318. The summed E-state index contributed by atoms with van der Waals surface area (Å²) in [5.41, 5.74) is 2.55. The van der Waals surface area contributed by atoms with E-state index in [1.165, 1.54) is 11.3 Å². The van der Waals surface area contributed by atoms with Crippen molar-refractivity contribution >= 4 is 50.2 Å². The van der Waals surface area contributed by atoms with Crippen molar-refractivity contribution in [2.75, 3.05) is 13.1 Å². The number of benzene rings is 1. The molecule has 0 bridgehead atoms.